The number of rotatable bonds is 5. The van der Waals surface area contributed by atoms with Gasteiger partial charge in [-0.25, -0.2) is 4.39 Å². The van der Waals surface area contributed by atoms with E-state index < -0.39 is 0 Å². The van der Waals surface area contributed by atoms with Crippen molar-refractivity contribution < 1.29 is 18.7 Å². The van der Waals surface area contributed by atoms with E-state index in [0.717, 1.165) is 11.1 Å². The lowest BCUT2D eigenvalue weighted by Crippen LogP contribution is -2.37. The summed E-state index contributed by atoms with van der Waals surface area (Å²) in [6.07, 6.45) is 0.485. The van der Waals surface area contributed by atoms with Crippen LogP contribution in [0.15, 0.2) is 72.8 Å². The van der Waals surface area contributed by atoms with Gasteiger partial charge in [0.2, 0.25) is 5.91 Å². The van der Waals surface area contributed by atoms with Gasteiger partial charge in [-0.1, -0.05) is 54.6 Å². The predicted octanol–water partition coefficient (Wildman–Crippen LogP) is 3.93. The van der Waals surface area contributed by atoms with Crippen LogP contribution >= 0.6 is 0 Å². The summed E-state index contributed by atoms with van der Waals surface area (Å²) < 4.78 is 19.4. The molecule has 164 valence electrons. The minimum absolute atomic E-state index is 0.0708. The fraction of sp³-hybridized carbons (Fsp3) is 0.231. The fourth-order valence-electron chi connectivity index (χ4n) is 4.03. The molecular weight excluding hydrogens is 407 g/mol. The molecule has 1 heterocycles. The third-order valence-corrected chi connectivity index (χ3v) is 5.74. The molecule has 3 aromatic rings. The van der Waals surface area contributed by atoms with Crippen molar-refractivity contribution in [1.29, 1.82) is 0 Å². The quantitative estimate of drug-likeness (QED) is 0.665. The molecule has 1 aliphatic rings. The molecule has 1 atom stereocenters. The Morgan fingerprint density at radius 2 is 1.78 bits per heavy atom. The van der Waals surface area contributed by atoms with Gasteiger partial charge in [0.05, 0.1) is 18.6 Å². The first kappa shape index (κ1) is 21.6. The lowest BCUT2D eigenvalue weighted by atomic mass is 9.95. The van der Waals surface area contributed by atoms with Crippen molar-refractivity contribution in [2.45, 2.75) is 6.42 Å². The first-order valence-corrected chi connectivity index (χ1v) is 10.6. The Kier molecular flexibility index (Phi) is 6.50. The summed E-state index contributed by atoms with van der Waals surface area (Å²) in [5.41, 5.74) is 2.76. The van der Waals surface area contributed by atoms with Gasteiger partial charge in [-0.05, 0) is 35.7 Å². The highest BCUT2D eigenvalue weighted by molar-refractivity contribution is 5.97. The smallest absolute Gasteiger partial charge is 0.257 e. The molecule has 1 N–H and O–H groups in total. The number of ether oxygens (including phenoxy) is 1. The van der Waals surface area contributed by atoms with Gasteiger partial charge < -0.3 is 15.0 Å². The van der Waals surface area contributed by atoms with Crippen LogP contribution in [0.3, 0.4) is 0 Å². The van der Waals surface area contributed by atoms with Gasteiger partial charge in [0.1, 0.15) is 11.6 Å². The highest BCUT2D eigenvalue weighted by Gasteiger charge is 2.29. The number of benzene rings is 3. The SMILES string of the molecule is COc1ccccc1C(=O)N1CCNC(=O)C(Cc2ccc(-c3ccccc3F)cc2)C1. The minimum Gasteiger partial charge on any atom is -0.496 e. The third-order valence-electron chi connectivity index (χ3n) is 5.74. The second-order valence-corrected chi connectivity index (χ2v) is 7.82. The van der Waals surface area contributed by atoms with Crippen LogP contribution in [-0.4, -0.2) is 43.5 Å². The largest absolute Gasteiger partial charge is 0.496 e. The highest BCUT2D eigenvalue weighted by Crippen LogP contribution is 2.25. The number of carbonyl (C=O) groups is 2. The van der Waals surface area contributed by atoms with Crippen molar-refractivity contribution in [2.24, 2.45) is 5.92 Å². The maximum Gasteiger partial charge on any atom is 0.257 e. The summed E-state index contributed by atoms with van der Waals surface area (Å²) in [5.74, 6) is -0.358. The summed E-state index contributed by atoms with van der Waals surface area (Å²) in [7, 11) is 1.54. The summed E-state index contributed by atoms with van der Waals surface area (Å²) in [6, 6.07) is 21.3. The number of nitrogens with one attached hydrogen (secondary N) is 1. The van der Waals surface area contributed by atoms with Gasteiger partial charge >= 0.3 is 0 Å². The molecule has 0 bridgehead atoms. The first-order valence-electron chi connectivity index (χ1n) is 10.6. The third kappa shape index (κ3) is 4.64. The molecule has 5 nitrogen and oxygen atoms in total. The molecular formula is C26H25FN2O3. The molecule has 2 amide bonds. The molecule has 0 aliphatic carbocycles. The van der Waals surface area contributed by atoms with Crippen LogP contribution in [0.5, 0.6) is 5.75 Å². The van der Waals surface area contributed by atoms with Crippen LogP contribution in [-0.2, 0) is 11.2 Å². The molecule has 0 aromatic heterocycles. The fourth-order valence-corrected chi connectivity index (χ4v) is 4.03. The molecule has 6 heteroatoms. The van der Waals surface area contributed by atoms with Gasteiger partial charge in [0, 0.05) is 25.2 Å². The number of para-hydroxylation sites is 1. The van der Waals surface area contributed by atoms with E-state index in [4.69, 9.17) is 4.74 Å². The highest BCUT2D eigenvalue weighted by atomic mass is 19.1. The van der Waals surface area contributed by atoms with E-state index in [1.165, 1.54) is 13.2 Å². The Morgan fingerprint density at radius 1 is 1.06 bits per heavy atom. The molecule has 4 rings (SSSR count). The van der Waals surface area contributed by atoms with Crippen LogP contribution in [0.1, 0.15) is 15.9 Å². The second kappa shape index (κ2) is 9.64. The number of carbonyl (C=O) groups excluding carboxylic acids is 2. The normalized spacial score (nSPS) is 16.2. The number of hydrogen-bond donors (Lipinski definition) is 1. The van der Waals surface area contributed by atoms with E-state index in [1.807, 2.05) is 30.3 Å². The molecule has 3 aromatic carbocycles. The summed E-state index contributed by atoms with van der Waals surface area (Å²) in [6.45, 7) is 1.16. The van der Waals surface area contributed by atoms with Gasteiger partial charge in [0.25, 0.3) is 5.91 Å². The predicted molar refractivity (Wildman–Crippen MR) is 121 cm³/mol. The summed E-state index contributed by atoms with van der Waals surface area (Å²) in [5, 5.41) is 2.91. The van der Waals surface area contributed by atoms with Crippen molar-refractivity contribution in [3.8, 4) is 16.9 Å². The number of methoxy groups -OCH3 is 1. The van der Waals surface area contributed by atoms with Crippen molar-refractivity contribution >= 4 is 11.8 Å². The number of amides is 2. The van der Waals surface area contributed by atoms with Crippen LogP contribution < -0.4 is 10.1 Å². The molecule has 1 unspecified atom stereocenters. The molecule has 1 fully saturated rings. The molecule has 1 saturated heterocycles. The van der Waals surface area contributed by atoms with Gasteiger partial charge in [-0.2, -0.15) is 0 Å². The van der Waals surface area contributed by atoms with Crippen molar-refractivity contribution in [2.75, 3.05) is 26.7 Å². The van der Waals surface area contributed by atoms with E-state index in [-0.39, 0.29) is 23.5 Å². The van der Waals surface area contributed by atoms with Crippen molar-refractivity contribution in [3.63, 3.8) is 0 Å². The van der Waals surface area contributed by atoms with E-state index >= 15 is 0 Å². The second-order valence-electron chi connectivity index (χ2n) is 7.82. The first-order chi connectivity index (χ1) is 15.6. The molecule has 1 aliphatic heterocycles. The van der Waals surface area contributed by atoms with Gasteiger partial charge in [0.15, 0.2) is 0 Å². The zero-order valence-electron chi connectivity index (χ0n) is 17.9. The lowest BCUT2D eigenvalue weighted by Gasteiger charge is -2.24. The molecule has 0 spiro atoms. The maximum absolute atomic E-state index is 14.1. The zero-order valence-corrected chi connectivity index (χ0v) is 17.9. The van der Waals surface area contributed by atoms with E-state index in [0.29, 0.717) is 42.9 Å². The van der Waals surface area contributed by atoms with Gasteiger partial charge in [-0.15, -0.1) is 0 Å². The standard InChI is InChI=1S/C26H25FN2O3/c1-32-24-9-5-3-7-22(24)26(31)29-15-14-28-25(30)20(17-29)16-18-10-12-19(13-11-18)21-6-2-4-8-23(21)27/h2-13,20H,14-17H2,1H3,(H,28,30). The van der Waals surface area contributed by atoms with Gasteiger partial charge in [-0.3, -0.25) is 9.59 Å². The zero-order chi connectivity index (χ0) is 22.5. The molecule has 32 heavy (non-hydrogen) atoms. The van der Waals surface area contributed by atoms with Crippen molar-refractivity contribution in [3.05, 3.63) is 89.7 Å². The monoisotopic (exact) mass is 432 g/mol. The van der Waals surface area contributed by atoms with E-state index in [9.17, 15) is 14.0 Å². The Labute approximate surface area is 186 Å². The average molecular weight is 432 g/mol. The Bertz CT molecular complexity index is 1110. The minimum atomic E-state index is -0.379. The van der Waals surface area contributed by atoms with Crippen molar-refractivity contribution in [1.82, 2.24) is 10.2 Å². The number of hydrogen-bond acceptors (Lipinski definition) is 3. The Hall–Kier alpha value is -3.67. The van der Waals surface area contributed by atoms with Crippen LogP contribution in [0.4, 0.5) is 4.39 Å². The van der Waals surface area contributed by atoms with Crippen LogP contribution in [0.2, 0.25) is 0 Å². The van der Waals surface area contributed by atoms with E-state index in [2.05, 4.69) is 5.32 Å². The Morgan fingerprint density at radius 3 is 2.53 bits per heavy atom. The Balaban J connectivity index is 1.50. The number of nitrogens with zero attached hydrogens (tertiary/aromatic N) is 1. The topological polar surface area (TPSA) is 58.6 Å². The molecule has 0 saturated carbocycles. The van der Waals surface area contributed by atoms with Crippen LogP contribution in [0.25, 0.3) is 11.1 Å². The average Bonchev–Trinajstić information content (AvgIpc) is 3.01. The lowest BCUT2D eigenvalue weighted by molar-refractivity contribution is -0.124. The maximum atomic E-state index is 14.1. The van der Waals surface area contributed by atoms with Crippen LogP contribution in [0, 0.1) is 11.7 Å². The molecule has 0 radical (unpaired) electrons. The number of halogens is 1. The summed E-state index contributed by atoms with van der Waals surface area (Å²) in [4.78, 5) is 27.5. The summed E-state index contributed by atoms with van der Waals surface area (Å²) >= 11 is 0. The van der Waals surface area contributed by atoms with E-state index in [1.54, 1.807) is 41.3 Å².